The van der Waals surface area contributed by atoms with Crippen LogP contribution in [0.5, 0.6) is 0 Å². The summed E-state index contributed by atoms with van der Waals surface area (Å²) in [6.07, 6.45) is 2.71. The molecule has 0 radical (unpaired) electrons. The van der Waals surface area contributed by atoms with Crippen LogP contribution >= 0.6 is 0 Å². The molecule has 0 aliphatic heterocycles. The molecule has 6 nitrogen and oxygen atoms in total. The van der Waals surface area contributed by atoms with Crippen molar-refractivity contribution in [3.05, 3.63) is 11.8 Å². The van der Waals surface area contributed by atoms with Gasteiger partial charge in [0.15, 0.2) is 0 Å². The minimum Gasteiger partial charge on any atom is -0.369 e. The highest BCUT2D eigenvalue weighted by Crippen LogP contribution is 2.18. The zero-order valence-corrected chi connectivity index (χ0v) is 10.8. The Morgan fingerprint density at radius 1 is 1.44 bits per heavy atom. The molecule has 0 unspecified atom stereocenters. The fraction of sp³-hybridized carbons (Fsp3) is 0.583. The molecule has 0 atom stereocenters. The molecule has 1 aliphatic rings. The smallest absolute Gasteiger partial charge is 0.224 e. The van der Waals surface area contributed by atoms with Gasteiger partial charge in [0.25, 0.3) is 0 Å². The maximum Gasteiger partial charge on any atom is 0.224 e. The summed E-state index contributed by atoms with van der Waals surface area (Å²) >= 11 is 0. The number of carbonyl (C=O) groups is 1. The maximum absolute atomic E-state index is 11.5. The van der Waals surface area contributed by atoms with Crippen molar-refractivity contribution in [3.63, 3.8) is 0 Å². The summed E-state index contributed by atoms with van der Waals surface area (Å²) in [5, 5.41) is 8.98. The summed E-state index contributed by atoms with van der Waals surface area (Å²) in [7, 11) is 1.78. The minimum atomic E-state index is 0.101. The highest BCUT2D eigenvalue weighted by molar-refractivity contribution is 5.77. The van der Waals surface area contributed by atoms with Gasteiger partial charge in [-0.3, -0.25) is 4.79 Å². The number of hydrogen-bond acceptors (Lipinski definition) is 5. The highest BCUT2D eigenvalue weighted by Gasteiger charge is 2.22. The van der Waals surface area contributed by atoms with E-state index in [1.54, 1.807) is 7.05 Å². The van der Waals surface area contributed by atoms with Crippen LogP contribution in [-0.2, 0) is 4.79 Å². The van der Waals surface area contributed by atoms with Gasteiger partial charge in [-0.1, -0.05) is 0 Å². The third-order valence-electron chi connectivity index (χ3n) is 2.68. The van der Waals surface area contributed by atoms with Gasteiger partial charge in [0.2, 0.25) is 11.9 Å². The summed E-state index contributed by atoms with van der Waals surface area (Å²) in [6, 6.07) is 2.29. The molecule has 1 aromatic rings. The number of hydrogen-bond donors (Lipinski definition) is 3. The van der Waals surface area contributed by atoms with E-state index < -0.39 is 0 Å². The average Bonchev–Trinajstić information content (AvgIpc) is 3.12. The fourth-order valence-corrected chi connectivity index (χ4v) is 1.60. The third kappa shape index (κ3) is 3.87. The molecule has 0 bridgehead atoms. The van der Waals surface area contributed by atoms with Crippen LogP contribution in [0.2, 0.25) is 0 Å². The Bertz CT molecular complexity index is 430. The Balaban J connectivity index is 1.78. The number of aromatic nitrogens is 2. The lowest BCUT2D eigenvalue weighted by atomic mass is 10.3. The normalized spacial score (nSPS) is 14.1. The van der Waals surface area contributed by atoms with Crippen LogP contribution < -0.4 is 16.0 Å². The van der Waals surface area contributed by atoms with Crippen molar-refractivity contribution < 1.29 is 4.79 Å². The molecule has 0 aromatic carbocycles. The van der Waals surface area contributed by atoms with E-state index in [9.17, 15) is 4.79 Å². The summed E-state index contributed by atoms with van der Waals surface area (Å²) in [5.74, 6) is 1.43. The number of aryl methyl sites for hydroxylation is 1. The summed E-state index contributed by atoms with van der Waals surface area (Å²) in [5.41, 5.74) is 0.888. The third-order valence-corrected chi connectivity index (χ3v) is 2.68. The van der Waals surface area contributed by atoms with E-state index in [0.717, 1.165) is 24.4 Å². The molecule has 98 valence electrons. The van der Waals surface area contributed by atoms with Crippen LogP contribution in [0.4, 0.5) is 11.8 Å². The predicted molar refractivity (Wildman–Crippen MR) is 70.6 cm³/mol. The van der Waals surface area contributed by atoms with Crippen molar-refractivity contribution in [2.24, 2.45) is 0 Å². The topological polar surface area (TPSA) is 78.9 Å². The Kier molecular flexibility index (Phi) is 3.96. The van der Waals surface area contributed by atoms with Crippen LogP contribution in [0, 0.1) is 6.92 Å². The zero-order valence-electron chi connectivity index (χ0n) is 10.8. The van der Waals surface area contributed by atoms with E-state index in [4.69, 9.17) is 0 Å². The molecule has 1 saturated carbocycles. The van der Waals surface area contributed by atoms with Gasteiger partial charge in [0, 0.05) is 37.8 Å². The molecule has 1 amide bonds. The molecule has 1 aliphatic carbocycles. The maximum atomic E-state index is 11.5. The van der Waals surface area contributed by atoms with Crippen molar-refractivity contribution >= 4 is 17.7 Å². The lowest BCUT2D eigenvalue weighted by Gasteiger charge is -2.08. The van der Waals surface area contributed by atoms with Gasteiger partial charge in [-0.2, -0.15) is 4.98 Å². The van der Waals surface area contributed by atoms with E-state index in [0.29, 0.717) is 25.0 Å². The van der Waals surface area contributed by atoms with E-state index in [1.165, 1.54) is 0 Å². The molecule has 1 heterocycles. The molecule has 0 spiro atoms. The number of anilines is 2. The van der Waals surface area contributed by atoms with Gasteiger partial charge >= 0.3 is 0 Å². The minimum absolute atomic E-state index is 0.101. The van der Waals surface area contributed by atoms with E-state index >= 15 is 0 Å². The predicted octanol–water partition coefficient (Wildman–Crippen LogP) is 0.907. The van der Waals surface area contributed by atoms with Gasteiger partial charge < -0.3 is 16.0 Å². The number of carbonyl (C=O) groups excluding carboxylic acids is 1. The first-order chi connectivity index (χ1) is 8.67. The van der Waals surface area contributed by atoms with E-state index in [-0.39, 0.29) is 5.91 Å². The van der Waals surface area contributed by atoms with Gasteiger partial charge in [-0.05, 0) is 19.8 Å². The Hall–Kier alpha value is -1.85. The SMILES string of the molecule is CNc1nc(C)cc(NCCC(=O)NC2CC2)n1. The first kappa shape index (κ1) is 12.6. The van der Waals surface area contributed by atoms with Crippen LogP contribution in [0.25, 0.3) is 0 Å². The first-order valence-corrected chi connectivity index (χ1v) is 6.24. The van der Waals surface area contributed by atoms with Crippen molar-refractivity contribution in [1.29, 1.82) is 0 Å². The summed E-state index contributed by atoms with van der Waals surface area (Å²) < 4.78 is 0. The Morgan fingerprint density at radius 2 is 2.22 bits per heavy atom. The molecule has 1 aromatic heterocycles. The lowest BCUT2D eigenvalue weighted by molar-refractivity contribution is -0.120. The van der Waals surface area contributed by atoms with E-state index in [2.05, 4.69) is 25.9 Å². The average molecular weight is 249 g/mol. The zero-order chi connectivity index (χ0) is 13.0. The number of rotatable bonds is 6. The van der Waals surface area contributed by atoms with Crippen LogP contribution in [-0.4, -0.2) is 35.5 Å². The standard InChI is InChI=1S/C12H19N5O/c1-8-7-10(17-12(13-2)15-8)14-6-5-11(18)16-9-3-4-9/h7,9H,3-6H2,1-2H3,(H,16,18)(H2,13,14,15,17). The highest BCUT2D eigenvalue weighted by atomic mass is 16.1. The monoisotopic (exact) mass is 249 g/mol. The second-order valence-electron chi connectivity index (χ2n) is 4.49. The molecular formula is C12H19N5O. The van der Waals surface area contributed by atoms with Crippen molar-refractivity contribution in [2.75, 3.05) is 24.2 Å². The molecular weight excluding hydrogens is 230 g/mol. The molecule has 0 saturated heterocycles. The first-order valence-electron chi connectivity index (χ1n) is 6.24. The van der Waals surface area contributed by atoms with Crippen molar-refractivity contribution in [3.8, 4) is 0 Å². The number of nitrogens with zero attached hydrogens (tertiary/aromatic N) is 2. The molecule has 18 heavy (non-hydrogen) atoms. The summed E-state index contributed by atoms with van der Waals surface area (Å²) in [6.45, 7) is 2.49. The summed E-state index contributed by atoms with van der Waals surface area (Å²) in [4.78, 5) is 19.9. The van der Waals surface area contributed by atoms with Gasteiger partial charge in [-0.25, -0.2) is 4.98 Å². The van der Waals surface area contributed by atoms with Crippen molar-refractivity contribution in [1.82, 2.24) is 15.3 Å². The van der Waals surface area contributed by atoms with Crippen LogP contribution in [0.15, 0.2) is 6.07 Å². The molecule has 6 heteroatoms. The van der Waals surface area contributed by atoms with Gasteiger partial charge in [0.1, 0.15) is 5.82 Å². The second kappa shape index (κ2) is 5.66. The second-order valence-corrected chi connectivity index (χ2v) is 4.49. The number of amides is 1. The van der Waals surface area contributed by atoms with Crippen molar-refractivity contribution in [2.45, 2.75) is 32.2 Å². The molecule has 2 rings (SSSR count). The van der Waals surface area contributed by atoms with E-state index in [1.807, 2.05) is 13.0 Å². The quantitative estimate of drug-likeness (QED) is 0.698. The Labute approximate surface area is 107 Å². The fourth-order valence-electron chi connectivity index (χ4n) is 1.60. The largest absolute Gasteiger partial charge is 0.369 e. The van der Waals surface area contributed by atoms with Crippen LogP contribution in [0.3, 0.4) is 0 Å². The van der Waals surface area contributed by atoms with Gasteiger partial charge in [0.05, 0.1) is 0 Å². The van der Waals surface area contributed by atoms with Crippen LogP contribution in [0.1, 0.15) is 25.0 Å². The lowest BCUT2D eigenvalue weighted by Crippen LogP contribution is -2.27. The molecule has 3 N–H and O–H groups in total. The molecule has 1 fully saturated rings. The Morgan fingerprint density at radius 3 is 2.89 bits per heavy atom. The van der Waals surface area contributed by atoms with Gasteiger partial charge in [-0.15, -0.1) is 0 Å². The number of nitrogens with one attached hydrogen (secondary N) is 3.